The number of pyridine rings is 1. The maximum Gasteiger partial charge on any atom is 0.124 e. The van der Waals surface area contributed by atoms with E-state index in [9.17, 15) is 4.39 Å². The van der Waals surface area contributed by atoms with E-state index in [1.807, 2.05) is 24.4 Å². The Hall–Kier alpha value is -1.43. The molecule has 2 rings (SSSR count). The van der Waals surface area contributed by atoms with E-state index < -0.39 is 0 Å². The van der Waals surface area contributed by atoms with Crippen LogP contribution in [0.2, 0.25) is 0 Å². The van der Waals surface area contributed by atoms with Crippen LogP contribution in [0.15, 0.2) is 53.7 Å². The van der Waals surface area contributed by atoms with E-state index in [1.165, 1.54) is 12.1 Å². The summed E-state index contributed by atoms with van der Waals surface area (Å²) in [5.41, 5.74) is 3.92. The van der Waals surface area contributed by atoms with Crippen molar-refractivity contribution in [2.45, 2.75) is 17.4 Å². The number of nitrogens with two attached hydrogens (primary N) is 1. The largest absolute Gasteiger partial charge is 0.271 e. The van der Waals surface area contributed by atoms with Gasteiger partial charge in [0.1, 0.15) is 5.82 Å². The summed E-state index contributed by atoms with van der Waals surface area (Å²) in [7, 11) is 0. The highest BCUT2D eigenvalue weighted by molar-refractivity contribution is 7.99. The summed E-state index contributed by atoms with van der Waals surface area (Å²) >= 11 is 1.58. The van der Waals surface area contributed by atoms with Crippen LogP contribution < -0.4 is 11.3 Å². The first-order chi connectivity index (χ1) is 9.28. The Bertz CT molecular complexity index is 507. The van der Waals surface area contributed by atoms with E-state index in [2.05, 4.69) is 10.4 Å². The fourth-order valence-corrected chi connectivity index (χ4v) is 2.70. The lowest BCUT2D eigenvalue weighted by atomic mass is 10.1. The zero-order valence-electron chi connectivity index (χ0n) is 10.4. The first-order valence-electron chi connectivity index (χ1n) is 6.01. The topological polar surface area (TPSA) is 50.9 Å². The van der Waals surface area contributed by atoms with Gasteiger partial charge in [-0.1, -0.05) is 12.1 Å². The smallest absolute Gasteiger partial charge is 0.124 e. The zero-order valence-corrected chi connectivity index (χ0v) is 11.2. The van der Waals surface area contributed by atoms with Crippen LogP contribution in [0.3, 0.4) is 0 Å². The summed E-state index contributed by atoms with van der Waals surface area (Å²) in [4.78, 5) is 4.99. The van der Waals surface area contributed by atoms with Crippen LogP contribution in [0.25, 0.3) is 0 Å². The minimum atomic E-state index is -0.213. The molecule has 0 amide bonds. The van der Waals surface area contributed by atoms with Gasteiger partial charge in [-0.3, -0.25) is 16.3 Å². The van der Waals surface area contributed by atoms with Crippen molar-refractivity contribution < 1.29 is 4.39 Å². The molecule has 1 atom stereocenters. The van der Waals surface area contributed by atoms with Crippen molar-refractivity contribution in [1.29, 1.82) is 0 Å². The number of halogens is 1. The lowest BCUT2D eigenvalue weighted by Crippen LogP contribution is -2.38. The molecule has 2 aromatic rings. The van der Waals surface area contributed by atoms with Crippen molar-refractivity contribution in [2.24, 2.45) is 5.84 Å². The zero-order chi connectivity index (χ0) is 13.5. The normalized spacial score (nSPS) is 12.3. The van der Waals surface area contributed by atoms with Crippen molar-refractivity contribution >= 4 is 11.8 Å². The Morgan fingerprint density at radius 3 is 2.89 bits per heavy atom. The Morgan fingerprint density at radius 1 is 1.32 bits per heavy atom. The summed E-state index contributed by atoms with van der Waals surface area (Å²) in [6.07, 6.45) is 4.37. The molecular weight excluding hydrogens is 261 g/mol. The van der Waals surface area contributed by atoms with E-state index in [0.29, 0.717) is 0 Å². The van der Waals surface area contributed by atoms with E-state index in [4.69, 9.17) is 5.84 Å². The van der Waals surface area contributed by atoms with Gasteiger partial charge in [0.25, 0.3) is 0 Å². The molecular formula is C14H16FN3S. The molecule has 0 saturated carbocycles. The summed E-state index contributed by atoms with van der Waals surface area (Å²) in [6, 6.07) is 10.6. The van der Waals surface area contributed by atoms with Crippen molar-refractivity contribution in [3.63, 3.8) is 0 Å². The lowest BCUT2D eigenvalue weighted by molar-refractivity contribution is 0.574. The highest BCUT2D eigenvalue weighted by Gasteiger charge is 2.09. The number of aromatic nitrogens is 1. The van der Waals surface area contributed by atoms with Crippen LogP contribution in [-0.2, 0) is 6.42 Å². The van der Waals surface area contributed by atoms with Crippen molar-refractivity contribution in [3.8, 4) is 0 Å². The number of rotatable bonds is 6. The molecule has 100 valence electrons. The molecule has 3 N–H and O–H groups in total. The van der Waals surface area contributed by atoms with Crippen LogP contribution in [0.5, 0.6) is 0 Å². The quantitative estimate of drug-likeness (QED) is 0.483. The lowest BCUT2D eigenvalue weighted by Gasteiger charge is -2.15. The monoisotopic (exact) mass is 277 g/mol. The third-order valence-electron chi connectivity index (χ3n) is 2.69. The third-order valence-corrected chi connectivity index (χ3v) is 3.84. The predicted octanol–water partition coefficient (Wildman–Crippen LogP) is 2.39. The molecule has 19 heavy (non-hydrogen) atoms. The Morgan fingerprint density at radius 2 is 2.21 bits per heavy atom. The Balaban J connectivity index is 1.89. The average molecular weight is 277 g/mol. The molecule has 0 fully saturated rings. The van der Waals surface area contributed by atoms with E-state index in [-0.39, 0.29) is 11.9 Å². The molecule has 0 bridgehead atoms. The molecule has 0 aliphatic carbocycles. The van der Waals surface area contributed by atoms with Crippen LogP contribution in [0.4, 0.5) is 4.39 Å². The van der Waals surface area contributed by atoms with Gasteiger partial charge < -0.3 is 0 Å². The molecule has 0 radical (unpaired) electrons. The minimum Gasteiger partial charge on any atom is -0.271 e. The Kier molecular flexibility index (Phi) is 5.32. The second-order valence-electron chi connectivity index (χ2n) is 4.20. The number of hydrogen-bond donors (Lipinski definition) is 2. The van der Waals surface area contributed by atoms with Gasteiger partial charge in [-0.05, 0) is 36.2 Å². The summed E-state index contributed by atoms with van der Waals surface area (Å²) in [5, 5.41) is 0. The third kappa shape index (κ3) is 4.63. The number of hydrazine groups is 1. The van der Waals surface area contributed by atoms with Gasteiger partial charge in [0.05, 0.1) is 0 Å². The molecule has 1 unspecified atom stereocenters. The fraction of sp³-hybridized carbons (Fsp3) is 0.214. The summed E-state index contributed by atoms with van der Waals surface area (Å²) in [5.74, 6) is 6.12. The number of hydrogen-bond acceptors (Lipinski definition) is 4. The van der Waals surface area contributed by atoms with Crippen molar-refractivity contribution in [3.05, 3.63) is 60.2 Å². The molecule has 0 spiro atoms. The van der Waals surface area contributed by atoms with Gasteiger partial charge in [0, 0.05) is 29.1 Å². The molecule has 5 heteroatoms. The highest BCUT2D eigenvalue weighted by atomic mass is 32.2. The van der Waals surface area contributed by atoms with E-state index >= 15 is 0 Å². The van der Waals surface area contributed by atoms with Gasteiger partial charge in [-0.25, -0.2) is 4.39 Å². The second-order valence-corrected chi connectivity index (χ2v) is 5.29. The van der Waals surface area contributed by atoms with Crippen molar-refractivity contribution in [2.75, 3.05) is 5.75 Å². The standard InChI is InChI=1S/C14H16FN3S/c15-12-4-1-5-14(8-12)19-10-13(18-16)7-11-3-2-6-17-9-11/h1-6,8-9,13,18H,7,10,16H2. The van der Waals surface area contributed by atoms with Gasteiger partial charge >= 0.3 is 0 Å². The molecule has 1 aromatic heterocycles. The average Bonchev–Trinajstić information content (AvgIpc) is 2.44. The Labute approximate surface area is 116 Å². The van der Waals surface area contributed by atoms with E-state index in [1.54, 1.807) is 24.0 Å². The van der Waals surface area contributed by atoms with Gasteiger partial charge in [-0.2, -0.15) is 0 Å². The molecule has 0 aliphatic heterocycles. The SMILES string of the molecule is NNC(CSc1cccc(F)c1)Cc1cccnc1. The molecule has 0 aliphatic rings. The molecule has 1 heterocycles. The predicted molar refractivity (Wildman–Crippen MR) is 76.2 cm³/mol. The van der Waals surface area contributed by atoms with Crippen LogP contribution >= 0.6 is 11.8 Å². The minimum absolute atomic E-state index is 0.123. The van der Waals surface area contributed by atoms with Gasteiger partial charge in [-0.15, -0.1) is 11.8 Å². The van der Waals surface area contributed by atoms with Gasteiger partial charge in [0.2, 0.25) is 0 Å². The molecule has 1 aromatic carbocycles. The van der Waals surface area contributed by atoms with Crippen LogP contribution in [0.1, 0.15) is 5.56 Å². The number of thioether (sulfide) groups is 1. The van der Waals surface area contributed by atoms with E-state index in [0.717, 1.165) is 22.6 Å². The fourth-order valence-electron chi connectivity index (χ4n) is 1.72. The molecule has 0 saturated heterocycles. The number of nitrogens with zero attached hydrogens (tertiary/aromatic N) is 1. The maximum absolute atomic E-state index is 13.1. The highest BCUT2D eigenvalue weighted by Crippen LogP contribution is 2.20. The summed E-state index contributed by atoms with van der Waals surface area (Å²) < 4.78 is 13.1. The first kappa shape index (κ1) is 14.0. The van der Waals surface area contributed by atoms with Gasteiger partial charge in [0.15, 0.2) is 0 Å². The molecule has 3 nitrogen and oxygen atoms in total. The van der Waals surface area contributed by atoms with Crippen LogP contribution in [-0.4, -0.2) is 16.8 Å². The number of benzene rings is 1. The number of nitrogens with one attached hydrogen (secondary N) is 1. The van der Waals surface area contributed by atoms with Crippen LogP contribution in [0, 0.1) is 5.82 Å². The first-order valence-corrected chi connectivity index (χ1v) is 7.00. The second kappa shape index (κ2) is 7.23. The van der Waals surface area contributed by atoms with Crippen molar-refractivity contribution in [1.82, 2.24) is 10.4 Å². The maximum atomic E-state index is 13.1. The summed E-state index contributed by atoms with van der Waals surface area (Å²) in [6.45, 7) is 0.